The van der Waals surface area contributed by atoms with E-state index in [4.69, 9.17) is 0 Å². The largest absolute Gasteiger partial charge is 0.370 e. The van der Waals surface area contributed by atoms with Crippen molar-refractivity contribution in [3.8, 4) is 0 Å². The van der Waals surface area contributed by atoms with Gasteiger partial charge in [0, 0.05) is 13.6 Å². The molecule has 0 aliphatic rings. The molecule has 6 heteroatoms. The van der Waals surface area contributed by atoms with E-state index in [-0.39, 0.29) is 0 Å². The molecule has 0 atom stereocenters. The lowest BCUT2D eigenvalue weighted by Crippen LogP contribution is -2.23. The smallest absolute Gasteiger partial charge is 0.163 e. The van der Waals surface area contributed by atoms with E-state index in [9.17, 15) is 0 Å². The van der Waals surface area contributed by atoms with Gasteiger partial charge in [-0.3, -0.25) is 9.58 Å². The molecule has 0 saturated heterocycles. The van der Waals surface area contributed by atoms with Crippen molar-refractivity contribution in [2.45, 2.75) is 27.3 Å². The standard InChI is InChI=1S/C13H22N6/c1-5-14-12-10-8-15-18(4)13(10)17-11(16-12)9-19(6-2)7-3/h8H,5-7,9H2,1-4H3,(H,14,16,17). The molecule has 2 heterocycles. The molecule has 0 radical (unpaired) electrons. The summed E-state index contributed by atoms with van der Waals surface area (Å²) >= 11 is 0. The highest BCUT2D eigenvalue weighted by atomic mass is 15.3. The first-order valence-electron chi connectivity index (χ1n) is 6.84. The van der Waals surface area contributed by atoms with Gasteiger partial charge in [-0.25, -0.2) is 9.97 Å². The lowest BCUT2D eigenvalue weighted by atomic mass is 10.3. The summed E-state index contributed by atoms with van der Waals surface area (Å²) in [5.41, 5.74) is 0.883. The van der Waals surface area contributed by atoms with Crippen molar-refractivity contribution in [2.24, 2.45) is 7.05 Å². The average Bonchev–Trinajstić information content (AvgIpc) is 2.78. The number of hydrogen-bond donors (Lipinski definition) is 1. The number of aromatic nitrogens is 4. The molecule has 1 N–H and O–H groups in total. The molecule has 0 spiro atoms. The second kappa shape index (κ2) is 5.97. The average molecular weight is 262 g/mol. The van der Waals surface area contributed by atoms with Gasteiger partial charge in [0.25, 0.3) is 0 Å². The minimum absolute atomic E-state index is 0.770. The Balaban J connectivity index is 2.41. The zero-order valence-corrected chi connectivity index (χ0v) is 12.1. The van der Waals surface area contributed by atoms with E-state index in [2.05, 4.69) is 46.1 Å². The highest BCUT2D eigenvalue weighted by molar-refractivity contribution is 5.86. The number of anilines is 1. The van der Waals surface area contributed by atoms with Gasteiger partial charge in [-0.2, -0.15) is 5.10 Å². The van der Waals surface area contributed by atoms with Crippen molar-refractivity contribution in [1.82, 2.24) is 24.6 Å². The maximum atomic E-state index is 4.62. The van der Waals surface area contributed by atoms with Gasteiger partial charge in [0.1, 0.15) is 11.6 Å². The van der Waals surface area contributed by atoms with Crippen molar-refractivity contribution >= 4 is 16.9 Å². The van der Waals surface area contributed by atoms with Gasteiger partial charge >= 0.3 is 0 Å². The predicted molar refractivity (Wildman–Crippen MR) is 77.1 cm³/mol. The summed E-state index contributed by atoms with van der Waals surface area (Å²) in [6.07, 6.45) is 1.81. The fourth-order valence-corrected chi connectivity index (χ4v) is 2.09. The van der Waals surface area contributed by atoms with Crippen LogP contribution < -0.4 is 5.32 Å². The van der Waals surface area contributed by atoms with E-state index in [0.717, 1.165) is 48.9 Å². The molecule has 0 bridgehead atoms. The fraction of sp³-hybridized carbons (Fsp3) is 0.615. The Bertz CT molecular complexity index is 543. The number of hydrogen-bond acceptors (Lipinski definition) is 5. The Morgan fingerprint density at radius 2 is 1.95 bits per heavy atom. The molecule has 0 fully saturated rings. The van der Waals surface area contributed by atoms with Crippen LogP contribution in [0.4, 0.5) is 5.82 Å². The molecule has 6 nitrogen and oxygen atoms in total. The van der Waals surface area contributed by atoms with Gasteiger partial charge in [-0.05, 0) is 20.0 Å². The van der Waals surface area contributed by atoms with Crippen molar-refractivity contribution in [2.75, 3.05) is 25.0 Å². The van der Waals surface area contributed by atoms with Gasteiger partial charge < -0.3 is 5.32 Å². The Kier molecular flexibility index (Phi) is 4.31. The van der Waals surface area contributed by atoms with Crippen LogP contribution in [0, 0.1) is 0 Å². The van der Waals surface area contributed by atoms with Crippen molar-refractivity contribution in [3.05, 3.63) is 12.0 Å². The number of fused-ring (bicyclic) bond motifs is 1. The maximum absolute atomic E-state index is 4.62. The summed E-state index contributed by atoms with van der Waals surface area (Å²) in [7, 11) is 1.91. The summed E-state index contributed by atoms with van der Waals surface area (Å²) in [6, 6.07) is 0. The molecule has 0 aliphatic carbocycles. The monoisotopic (exact) mass is 262 g/mol. The van der Waals surface area contributed by atoms with Crippen molar-refractivity contribution in [3.63, 3.8) is 0 Å². The molecule has 0 aromatic carbocycles. The molecule has 2 aromatic rings. The fourth-order valence-electron chi connectivity index (χ4n) is 2.09. The van der Waals surface area contributed by atoms with Crippen LogP contribution in [0.5, 0.6) is 0 Å². The van der Waals surface area contributed by atoms with Crippen LogP contribution >= 0.6 is 0 Å². The SMILES string of the molecule is CCNc1nc(CN(CC)CC)nc2c1cnn2C. The van der Waals surface area contributed by atoms with Crippen LogP contribution in [0.25, 0.3) is 11.0 Å². The number of nitrogens with one attached hydrogen (secondary N) is 1. The molecule has 19 heavy (non-hydrogen) atoms. The van der Waals surface area contributed by atoms with Crippen LogP contribution in [0.3, 0.4) is 0 Å². The Labute approximate surface area is 113 Å². The van der Waals surface area contributed by atoms with E-state index in [0.29, 0.717) is 0 Å². The van der Waals surface area contributed by atoms with Crippen molar-refractivity contribution in [1.29, 1.82) is 0 Å². The molecule has 0 amide bonds. The van der Waals surface area contributed by atoms with Gasteiger partial charge in [0.15, 0.2) is 5.65 Å². The lowest BCUT2D eigenvalue weighted by molar-refractivity contribution is 0.288. The first-order chi connectivity index (χ1) is 9.19. The van der Waals surface area contributed by atoms with Gasteiger partial charge in [0.05, 0.1) is 18.1 Å². The first-order valence-corrected chi connectivity index (χ1v) is 6.84. The van der Waals surface area contributed by atoms with Crippen LogP contribution in [-0.4, -0.2) is 44.3 Å². The topological polar surface area (TPSA) is 58.9 Å². The predicted octanol–water partition coefficient (Wildman–Crippen LogP) is 1.64. The molecule has 2 rings (SSSR count). The first kappa shape index (κ1) is 13.7. The third-order valence-corrected chi connectivity index (χ3v) is 3.24. The van der Waals surface area contributed by atoms with Crippen LogP contribution in [0.2, 0.25) is 0 Å². The number of rotatable bonds is 6. The van der Waals surface area contributed by atoms with E-state index >= 15 is 0 Å². The number of nitrogens with zero attached hydrogens (tertiary/aromatic N) is 5. The Hall–Kier alpha value is -1.69. The van der Waals surface area contributed by atoms with E-state index in [1.165, 1.54) is 0 Å². The minimum Gasteiger partial charge on any atom is -0.370 e. The van der Waals surface area contributed by atoms with Gasteiger partial charge in [-0.15, -0.1) is 0 Å². The third kappa shape index (κ3) is 2.84. The molecule has 0 saturated carbocycles. The Morgan fingerprint density at radius 3 is 2.58 bits per heavy atom. The second-order valence-electron chi connectivity index (χ2n) is 4.49. The quantitative estimate of drug-likeness (QED) is 0.857. The molecule has 0 unspecified atom stereocenters. The normalized spacial score (nSPS) is 11.4. The summed E-state index contributed by atoms with van der Waals surface area (Å²) in [6.45, 7) is 9.97. The summed E-state index contributed by atoms with van der Waals surface area (Å²) < 4.78 is 1.80. The zero-order valence-electron chi connectivity index (χ0n) is 12.1. The van der Waals surface area contributed by atoms with Crippen molar-refractivity contribution < 1.29 is 0 Å². The zero-order chi connectivity index (χ0) is 13.8. The minimum atomic E-state index is 0.770. The second-order valence-corrected chi connectivity index (χ2v) is 4.49. The molecule has 0 aliphatic heterocycles. The third-order valence-electron chi connectivity index (χ3n) is 3.24. The molecule has 2 aromatic heterocycles. The lowest BCUT2D eigenvalue weighted by Gasteiger charge is -2.17. The highest BCUT2D eigenvalue weighted by Crippen LogP contribution is 2.19. The summed E-state index contributed by atoms with van der Waals surface area (Å²) in [5, 5.41) is 8.53. The molecular formula is C13H22N6. The van der Waals surface area contributed by atoms with Crippen LogP contribution in [-0.2, 0) is 13.6 Å². The highest BCUT2D eigenvalue weighted by Gasteiger charge is 2.12. The van der Waals surface area contributed by atoms with E-state index in [1.807, 2.05) is 13.2 Å². The Morgan fingerprint density at radius 1 is 1.21 bits per heavy atom. The maximum Gasteiger partial charge on any atom is 0.163 e. The van der Waals surface area contributed by atoms with E-state index < -0.39 is 0 Å². The summed E-state index contributed by atoms with van der Waals surface area (Å²) in [4.78, 5) is 11.5. The summed E-state index contributed by atoms with van der Waals surface area (Å²) in [5.74, 6) is 1.72. The molecular weight excluding hydrogens is 240 g/mol. The van der Waals surface area contributed by atoms with Gasteiger partial charge in [0.2, 0.25) is 0 Å². The van der Waals surface area contributed by atoms with Gasteiger partial charge in [-0.1, -0.05) is 13.8 Å². The molecule has 104 valence electrons. The van der Waals surface area contributed by atoms with Crippen LogP contribution in [0.15, 0.2) is 6.20 Å². The number of aryl methyl sites for hydroxylation is 1. The van der Waals surface area contributed by atoms with Crippen LogP contribution in [0.1, 0.15) is 26.6 Å². The van der Waals surface area contributed by atoms with E-state index in [1.54, 1.807) is 4.68 Å².